The zero-order valence-corrected chi connectivity index (χ0v) is 15.4. The Morgan fingerprint density at radius 1 is 1.08 bits per heavy atom. The maximum atomic E-state index is 15.0. The van der Waals surface area contributed by atoms with Crippen molar-refractivity contribution in [1.29, 1.82) is 0 Å². The van der Waals surface area contributed by atoms with Crippen LogP contribution in [0.4, 0.5) is 4.39 Å². The second-order valence-electron chi connectivity index (χ2n) is 7.72. The van der Waals surface area contributed by atoms with E-state index in [0.717, 1.165) is 18.4 Å². The van der Waals surface area contributed by atoms with E-state index < -0.39 is 11.6 Å². The number of benzene rings is 1. The van der Waals surface area contributed by atoms with Crippen LogP contribution in [0.5, 0.6) is 0 Å². The number of carbonyl (C=O) groups is 2. The molecule has 0 bridgehead atoms. The molecule has 1 aliphatic carbocycles. The SMILES string of the molecule is O=C(CC1CCCCC1)N1CCC(F)(C(=O)NCc2ccccc2)CC1. The summed E-state index contributed by atoms with van der Waals surface area (Å²) >= 11 is 0. The van der Waals surface area contributed by atoms with Crippen LogP contribution < -0.4 is 5.32 Å². The topological polar surface area (TPSA) is 49.4 Å². The summed E-state index contributed by atoms with van der Waals surface area (Å²) in [5, 5.41) is 2.70. The maximum absolute atomic E-state index is 15.0. The van der Waals surface area contributed by atoms with Crippen LogP contribution in [-0.4, -0.2) is 35.5 Å². The third-order valence-corrected chi connectivity index (χ3v) is 5.80. The van der Waals surface area contributed by atoms with Crippen LogP contribution in [0, 0.1) is 5.92 Å². The van der Waals surface area contributed by atoms with E-state index in [4.69, 9.17) is 0 Å². The van der Waals surface area contributed by atoms with Crippen molar-refractivity contribution in [2.75, 3.05) is 13.1 Å². The van der Waals surface area contributed by atoms with Crippen LogP contribution in [0.1, 0.15) is 56.9 Å². The van der Waals surface area contributed by atoms with E-state index >= 15 is 4.39 Å². The van der Waals surface area contributed by atoms with Gasteiger partial charge in [0.05, 0.1) is 0 Å². The molecule has 2 aliphatic rings. The van der Waals surface area contributed by atoms with E-state index in [9.17, 15) is 9.59 Å². The van der Waals surface area contributed by atoms with Crippen molar-refractivity contribution in [3.63, 3.8) is 0 Å². The minimum Gasteiger partial charge on any atom is -0.349 e. The molecule has 2 fully saturated rings. The second kappa shape index (κ2) is 8.65. The summed E-state index contributed by atoms with van der Waals surface area (Å²) in [6.45, 7) is 0.997. The van der Waals surface area contributed by atoms with Gasteiger partial charge in [-0.2, -0.15) is 0 Å². The van der Waals surface area contributed by atoms with Gasteiger partial charge in [-0.3, -0.25) is 9.59 Å². The number of hydrogen-bond acceptors (Lipinski definition) is 2. The number of nitrogens with one attached hydrogen (secondary N) is 1. The molecule has 4 nitrogen and oxygen atoms in total. The molecular weight excluding hydrogens is 331 g/mol. The van der Waals surface area contributed by atoms with E-state index in [1.807, 2.05) is 30.3 Å². The first-order valence-electron chi connectivity index (χ1n) is 9.86. The first-order valence-corrected chi connectivity index (χ1v) is 9.86. The fraction of sp³-hybridized carbons (Fsp3) is 0.619. The van der Waals surface area contributed by atoms with Crippen LogP contribution >= 0.6 is 0 Å². The zero-order valence-electron chi connectivity index (χ0n) is 15.4. The van der Waals surface area contributed by atoms with Crippen LogP contribution in [0.25, 0.3) is 0 Å². The van der Waals surface area contributed by atoms with Crippen molar-refractivity contribution in [3.05, 3.63) is 35.9 Å². The number of piperidine rings is 1. The molecule has 1 saturated heterocycles. The number of likely N-dealkylation sites (tertiary alicyclic amines) is 1. The largest absolute Gasteiger partial charge is 0.349 e. The summed E-state index contributed by atoms with van der Waals surface area (Å²) in [5.74, 6) is 0.0619. The van der Waals surface area contributed by atoms with Crippen molar-refractivity contribution in [2.24, 2.45) is 5.92 Å². The van der Waals surface area contributed by atoms with E-state index in [1.165, 1.54) is 19.3 Å². The first-order chi connectivity index (χ1) is 12.6. The van der Waals surface area contributed by atoms with Crippen LogP contribution in [0.3, 0.4) is 0 Å². The predicted molar refractivity (Wildman–Crippen MR) is 99.1 cm³/mol. The zero-order chi connectivity index (χ0) is 18.4. The van der Waals surface area contributed by atoms with Gasteiger partial charge >= 0.3 is 0 Å². The average molecular weight is 360 g/mol. The molecule has 1 N–H and O–H groups in total. The summed E-state index contributed by atoms with van der Waals surface area (Å²) in [4.78, 5) is 26.5. The monoisotopic (exact) mass is 360 g/mol. The molecule has 5 heteroatoms. The minimum atomic E-state index is -1.86. The van der Waals surface area contributed by atoms with Crippen LogP contribution in [0.2, 0.25) is 0 Å². The van der Waals surface area contributed by atoms with Gasteiger partial charge < -0.3 is 10.2 Å². The lowest BCUT2D eigenvalue weighted by Crippen LogP contribution is -2.52. The second-order valence-corrected chi connectivity index (χ2v) is 7.72. The highest BCUT2D eigenvalue weighted by molar-refractivity contribution is 5.85. The molecule has 1 heterocycles. The quantitative estimate of drug-likeness (QED) is 0.872. The third-order valence-electron chi connectivity index (χ3n) is 5.80. The standard InChI is InChI=1S/C21H29FN2O2/c22-21(20(26)23-16-18-9-5-2-6-10-18)11-13-24(14-12-21)19(25)15-17-7-3-1-4-8-17/h2,5-6,9-10,17H,1,3-4,7-8,11-16H2,(H,23,26). The van der Waals surface area contributed by atoms with E-state index in [0.29, 0.717) is 32.0 Å². The fourth-order valence-electron chi connectivity index (χ4n) is 4.04. The molecule has 0 radical (unpaired) electrons. The summed E-state index contributed by atoms with van der Waals surface area (Å²) in [6, 6.07) is 9.49. The summed E-state index contributed by atoms with van der Waals surface area (Å²) in [6.07, 6.45) is 6.73. The summed E-state index contributed by atoms with van der Waals surface area (Å²) < 4.78 is 15.0. The summed E-state index contributed by atoms with van der Waals surface area (Å²) in [5.41, 5.74) is -0.916. The molecular formula is C21H29FN2O2. The Morgan fingerprint density at radius 2 is 1.73 bits per heavy atom. The molecule has 0 spiro atoms. The molecule has 1 saturated carbocycles. The van der Waals surface area contributed by atoms with Crippen molar-refractivity contribution in [1.82, 2.24) is 10.2 Å². The summed E-state index contributed by atoms with van der Waals surface area (Å²) in [7, 11) is 0. The number of alkyl halides is 1. The van der Waals surface area contributed by atoms with E-state index in [-0.39, 0.29) is 18.7 Å². The number of carbonyl (C=O) groups excluding carboxylic acids is 2. The van der Waals surface area contributed by atoms with Crippen LogP contribution in [0.15, 0.2) is 30.3 Å². The molecule has 1 aliphatic heterocycles. The highest BCUT2D eigenvalue weighted by Crippen LogP contribution is 2.30. The lowest BCUT2D eigenvalue weighted by molar-refractivity contribution is -0.142. The number of nitrogens with zero attached hydrogens (tertiary/aromatic N) is 1. The van der Waals surface area contributed by atoms with Gasteiger partial charge in [-0.05, 0) is 24.3 Å². The minimum absolute atomic E-state index is 0.0873. The Bertz CT molecular complexity index is 606. The Morgan fingerprint density at radius 3 is 2.38 bits per heavy atom. The molecule has 0 aromatic heterocycles. The molecule has 142 valence electrons. The molecule has 3 rings (SSSR count). The molecule has 0 unspecified atom stereocenters. The highest BCUT2D eigenvalue weighted by atomic mass is 19.1. The maximum Gasteiger partial charge on any atom is 0.258 e. The van der Waals surface area contributed by atoms with Gasteiger partial charge in [-0.15, -0.1) is 0 Å². The van der Waals surface area contributed by atoms with Gasteiger partial charge in [0.1, 0.15) is 0 Å². The average Bonchev–Trinajstić information content (AvgIpc) is 2.68. The first kappa shape index (κ1) is 18.9. The molecule has 1 aromatic rings. The number of hydrogen-bond donors (Lipinski definition) is 1. The smallest absolute Gasteiger partial charge is 0.258 e. The van der Waals surface area contributed by atoms with Crippen molar-refractivity contribution in [2.45, 2.75) is 63.6 Å². The Kier molecular flexibility index (Phi) is 6.28. The van der Waals surface area contributed by atoms with Crippen LogP contribution in [-0.2, 0) is 16.1 Å². The van der Waals surface area contributed by atoms with E-state index in [1.54, 1.807) is 4.90 Å². The molecule has 26 heavy (non-hydrogen) atoms. The van der Waals surface area contributed by atoms with Gasteiger partial charge in [0.2, 0.25) is 5.91 Å². The molecule has 2 amide bonds. The van der Waals surface area contributed by atoms with Gasteiger partial charge in [0.15, 0.2) is 5.67 Å². The fourth-order valence-corrected chi connectivity index (χ4v) is 4.04. The van der Waals surface area contributed by atoms with E-state index in [2.05, 4.69) is 5.32 Å². The van der Waals surface area contributed by atoms with Gasteiger partial charge in [-0.25, -0.2) is 4.39 Å². The number of rotatable bonds is 5. The number of halogens is 1. The lowest BCUT2D eigenvalue weighted by atomic mass is 9.86. The van der Waals surface area contributed by atoms with Crippen molar-refractivity contribution < 1.29 is 14.0 Å². The molecule has 0 atom stereocenters. The van der Waals surface area contributed by atoms with Gasteiger partial charge in [-0.1, -0.05) is 49.6 Å². The van der Waals surface area contributed by atoms with Gasteiger partial charge in [0, 0.05) is 38.9 Å². The van der Waals surface area contributed by atoms with Crippen molar-refractivity contribution in [3.8, 4) is 0 Å². The highest BCUT2D eigenvalue weighted by Gasteiger charge is 2.42. The number of amides is 2. The Balaban J connectivity index is 1.45. The normalized spacial score (nSPS) is 20.6. The Hall–Kier alpha value is -1.91. The van der Waals surface area contributed by atoms with Gasteiger partial charge in [0.25, 0.3) is 5.91 Å². The Labute approximate surface area is 155 Å². The predicted octanol–water partition coefficient (Wildman–Crippen LogP) is 3.60. The third kappa shape index (κ3) is 4.83. The van der Waals surface area contributed by atoms with Crippen molar-refractivity contribution >= 4 is 11.8 Å². The lowest BCUT2D eigenvalue weighted by Gasteiger charge is -2.36. The molecule has 1 aromatic carbocycles.